The number of urea groups is 1. The molecule has 0 saturated carbocycles. The van der Waals surface area contributed by atoms with E-state index >= 15 is 0 Å². The minimum Gasteiger partial charge on any atom is -0.493 e. The number of hydrogen-bond donors (Lipinski definition) is 1. The van der Waals surface area contributed by atoms with E-state index in [0.29, 0.717) is 43.2 Å². The van der Waals surface area contributed by atoms with Crippen molar-refractivity contribution in [3.05, 3.63) is 76.0 Å². The van der Waals surface area contributed by atoms with Crippen LogP contribution in [0, 0.1) is 6.92 Å². The van der Waals surface area contributed by atoms with Crippen LogP contribution in [-0.4, -0.2) is 80.1 Å². The van der Waals surface area contributed by atoms with Crippen LogP contribution in [0.15, 0.2) is 60.0 Å². The third-order valence-corrected chi connectivity index (χ3v) is 8.30. The molecular formula is C31H40N4O4S. The van der Waals surface area contributed by atoms with Gasteiger partial charge in [-0.05, 0) is 86.1 Å². The quantitative estimate of drug-likeness (QED) is 0.306. The first-order valence-electron chi connectivity index (χ1n) is 13.8. The third kappa shape index (κ3) is 8.22. The fourth-order valence-corrected chi connectivity index (χ4v) is 5.76. The van der Waals surface area contributed by atoms with Crippen LogP contribution < -0.4 is 14.8 Å². The van der Waals surface area contributed by atoms with E-state index in [9.17, 15) is 9.59 Å². The Hall–Kier alpha value is -3.56. The fraction of sp³-hybridized carbons (Fsp3) is 0.419. The van der Waals surface area contributed by atoms with E-state index in [4.69, 9.17) is 9.47 Å². The van der Waals surface area contributed by atoms with E-state index in [1.165, 1.54) is 18.4 Å². The Morgan fingerprint density at radius 2 is 1.70 bits per heavy atom. The number of ether oxygens (including phenoxy) is 2. The van der Waals surface area contributed by atoms with Crippen molar-refractivity contribution in [2.75, 3.05) is 58.8 Å². The number of methoxy groups -OCH3 is 2. The van der Waals surface area contributed by atoms with Crippen molar-refractivity contribution in [3.8, 4) is 11.5 Å². The van der Waals surface area contributed by atoms with Gasteiger partial charge >= 0.3 is 6.03 Å². The molecular weight excluding hydrogens is 524 g/mol. The van der Waals surface area contributed by atoms with Gasteiger partial charge in [0.2, 0.25) is 5.91 Å². The van der Waals surface area contributed by atoms with Crippen LogP contribution >= 0.6 is 11.3 Å². The monoisotopic (exact) mass is 564 g/mol. The smallest absolute Gasteiger partial charge is 0.322 e. The lowest BCUT2D eigenvalue weighted by Crippen LogP contribution is -2.47. The van der Waals surface area contributed by atoms with Gasteiger partial charge in [-0.1, -0.05) is 24.3 Å². The van der Waals surface area contributed by atoms with Crippen molar-refractivity contribution < 1.29 is 19.1 Å². The lowest BCUT2D eigenvalue weighted by molar-refractivity contribution is -0.132. The van der Waals surface area contributed by atoms with Crippen molar-refractivity contribution in [1.82, 2.24) is 14.7 Å². The number of hydrogen-bond acceptors (Lipinski definition) is 6. The molecule has 0 aliphatic carbocycles. The van der Waals surface area contributed by atoms with Crippen LogP contribution in [0.1, 0.15) is 28.8 Å². The van der Waals surface area contributed by atoms with Crippen molar-refractivity contribution in [2.45, 2.75) is 32.7 Å². The average molecular weight is 565 g/mol. The second kappa shape index (κ2) is 14.7. The number of para-hydroxylation sites is 1. The molecule has 0 radical (unpaired) electrons. The predicted molar refractivity (Wildman–Crippen MR) is 160 cm³/mol. The van der Waals surface area contributed by atoms with Crippen LogP contribution in [0.3, 0.4) is 0 Å². The summed E-state index contributed by atoms with van der Waals surface area (Å²) < 4.78 is 10.8. The normalized spacial score (nSPS) is 13.2. The largest absolute Gasteiger partial charge is 0.493 e. The molecule has 4 rings (SSSR count). The number of carbonyl (C=O) groups excluding carboxylic acids is 2. The molecule has 40 heavy (non-hydrogen) atoms. The molecule has 0 spiro atoms. The van der Waals surface area contributed by atoms with Crippen LogP contribution in [-0.2, 0) is 17.8 Å². The van der Waals surface area contributed by atoms with Gasteiger partial charge in [-0.3, -0.25) is 4.79 Å². The number of likely N-dealkylation sites (tertiary alicyclic amines) is 1. The maximum atomic E-state index is 13.8. The number of nitrogens with zero attached hydrogens (tertiary/aromatic N) is 3. The first-order chi connectivity index (χ1) is 19.5. The molecule has 0 atom stereocenters. The summed E-state index contributed by atoms with van der Waals surface area (Å²) in [7, 11) is 3.24. The van der Waals surface area contributed by atoms with E-state index in [1.807, 2.05) is 53.4 Å². The summed E-state index contributed by atoms with van der Waals surface area (Å²) in [6.07, 6.45) is 3.01. The summed E-state index contributed by atoms with van der Waals surface area (Å²) in [5.74, 6) is 1.27. The van der Waals surface area contributed by atoms with E-state index in [2.05, 4.69) is 28.6 Å². The highest BCUT2D eigenvalue weighted by molar-refractivity contribution is 7.10. The highest BCUT2D eigenvalue weighted by Crippen LogP contribution is 2.28. The van der Waals surface area contributed by atoms with Gasteiger partial charge in [-0.15, -0.1) is 11.3 Å². The third-order valence-electron chi connectivity index (χ3n) is 7.30. The molecule has 1 aromatic heterocycles. The van der Waals surface area contributed by atoms with E-state index < -0.39 is 0 Å². The Morgan fingerprint density at radius 3 is 2.38 bits per heavy atom. The van der Waals surface area contributed by atoms with Gasteiger partial charge in [0.25, 0.3) is 0 Å². The first-order valence-corrected chi connectivity index (χ1v) is 14.7. The number of benzene rings is 2. The molecule has 1 aliphatic rings. The Morgan fingerprint density at radius 1 is 0.950 bits per heavy atom. The van der Waals surface area contributed by atoms with E-state index in [-0.39, 0.29) is 18.5 Å². The molecule has 8 nitrogen and oxygen atoms in total. The maximum absolute atomic E-state index is 13.8. The number of amides is 3. The minimum atomic E-state index is -0.258. The van der Waals surface area contributed by atoms with Crippen molar-refractivity contribution in [2.24, 2.45) is 0 Å². The Balaban J connectivity index is 1.49. The lowest BCUT2D eigenvalue weighted by atomic mass is 10.1. The highest BCUT2D eigenvalue weighted by Gasteiger charge is 2.24. The summed E-state index contributed by atoms with van der Waals surface area (Å²) >= 11 is 1.65. The molecule has 1 saturated heterocycles. The number of anilines is 1. The summed E-state index contributed by atoms with van der Waals surface area (Å²) in [4.78, 5) is 34.2. The molecule has 2 aromatic carbocycles. The standard InChI is InChI=1S/C31H40N4O4S/c1-24-14-20-40-29(24)22-34(17-13-25-11-12-27(38-2)28(21-25)39-3)30(36)23-35(19-18-33-15-7-8-16-33)31(37)32-26-9-5-4-6-10-26/h4-6,9-12,14,20-21H,7-8,13,15-19,22-23H2,1-3H3,(H,32,37). The second-order valence-electron chi connectivity index (χ2n) is 10.0. The second-order valence-corrected chi connectivity index (χ2v) is 11.0. The number of carbonyl (C=O) groups is 2. The SMILES string of the molecule is COc1ccc(CCN(Cc2sccc2C)C(=O)CN(CCN2CCCC2)C(=O)Nc2ccccc2)cc1OC. The minimum absolute atomic E-state index is 0.0167. The van der Waals surface area contributed by atoms with Gasteiger partial charge in [-0.2, -0.15) is 0 Å². The van der Waals surface area contributed by atoms with E-state index in [0.717, 1.165) is 30.1 Å². The molecule has 3 aromatic rings. The number of thiophene rings is 1. The molecule has 0 bridgehead atoms. The molecule has 3 amide bonds. The fourth-order valence-electron chi connectivity index (χ4n) is 4.84. The summed E-state index contributed by atoms with van der Waals surface area (Å²) in [5, 5.41) is 5.02. The van der Waals surface area contributed by atoms with Crippen LogP contribution in [0.2, 0.25) is 0 Å². The van der Waals surface area contributed by atoms with Crippen molar-refractivity contribution >= 4 is 29.0 Å². The van der Waals surface area contributed by atoms with Gasteiger partial charge in [-0.25, -0.2) is 4.79 Å². The summed E-state index contributed by atoms with van der Waals surface area (Å²) in [6, 6.07) is 17.0. The predicted octanol–water partition coefficient (Wildman–Crippen LogP) is 5.27. The van der Waals surface area contributed by atoms with Gasteiger partial charge < -0.3 is 29.5 Å². The molecule has 0 unspecified atom stereocenters. The summed E-state index contributed by atoms with van der Waals surface area (Å²) in [5.41, 5.74) is 2.93. The van der Waals surface area contributed by atoms with Crippen LogP contribution in [0.4, 0.5) is 10.5 Å². The average Bonchev–Trinajstić information content (AvgIpc) is 3.65. The van der Waals surface area contributed by atoms with Crippen molar-refractivity contribution in [3.63, 3.8) is 0 Å². The molecule has 214 valence electrons. The topological polar surface area (TPSA) is 74.4 Å². The van der Waals surface area contributed by atoms with Gasteiger partial charge in [0, 0.05) is 30.2 Å². The van der Waals surface area contributed by atoms with Crippen LogP contribution in [0.25, 0.3) is 0 Å². The number of nitrogens with one attached hydrogen (secondary N) is 1. The Kier molecular flexibility index (Phi) is 10.8. The molecule has 2 heterocycles. The van der Waals surface area contributed by atoms with Gasteiger partial charge in [0.05, 0.1) is 20.8 Å². The Labute approximate surface area is 241 Å². The molecule has 1 fully saturated rings. The molecule has 9 heteroatoms. The van der Waals surface area contributed by atoms with Crippen molar-refractivity contribution in [1.29, 1.82) is 0 Å². The zero-order chi connectivity index (χ0) is 28.3. The zero-order valence-corrected chi connectivity index (χ0v) is 24.5. The number of aryl methyl sites for hydroxylation is 1. The maximum Gasteiger partial charge on any atom is 0.322 e. The first kappa shape index (κ1) is 29.4. The Bertz CT molecular complexity index is 1240. The van der Waals surface area contributed by atoms with Crippen LogP contribution in [0.5, 0.6) is 11.5 Å². The van der Waals surface area contributed by atoms with E-state index in [1.54, 1.807) is 30.5 Å². The zero-order valence-electron chi connectivity index (χ0n) is 23.7. The number of rotatable bonds is 13. The summed E-state index contributed by atoms with van der Waals surface area (Å²) in [6.45, 7) is 6.44. The molecule has 1 aliphatic heterocycles. The highest BCUT2D eigenvalue weighted by atomic mass is 32.1. The van der Waals surface area contributed by atoms with Gasteiger partial charge in [0.1, 0.15) is 6.54 Å². The van der Waals surface area contributed by atoms with Gasteiger partial charge in [0.15, 0.2) is 11.5 Å². The lowest BCUT2D eigenvalue weighted by Gasteiger charge is -2.29. The molecule has 1 N–H and O–H groups in total.